The van der Waals surface area contributed by atoms with Crippen molar-refractivity contribution in [3.63, 3.8) is 0 Å². The lowest BCUT2D eigenvalue weighted by Gasteiger charge is -1.71. The quantitative estimate of drug-likeness (QED) is 0.435. The van der Waals surface area contributed by atoms with Crippen molar-refractivity contribution in [2.45, 2.75) is 0 Å². The van der Waals surface area contributed by atoms with Crippen LogP contribution >= 0.6 is 12.6 Å². The highest BCUT2D eigenvalue weighted by Gasteiger charge is 1.59. The molecule has 0 saturated heterocycles. The second kappa shape index (κ2) is 6.57. The molecule has 0 heterocycles. The van der Waals surface area contributed by atoms with Crippen LogP contribution < -0.4 is 0 Å². The van der Waals surface area contributed by atoms with Gasteiger partial charge in [-0.25, -0.2) is 0 Å². The van der Waals surface area contributed by atoms with Crippen LogP contribution in [-0.2, 0) is 0 Å². The maximum atomic E-state index is 3.98. The van der Waals surface area contributed by atoms with Crippen LogP contribution in [0.15, 0.2) is 37.0 Å². The predicted octanol–water partition coefficient (Wildman–Crippen LogP) is 2.21. The first-order valence-corrected chi connectivity index (χ1v) is 3.10. The average Bonchev–Trinajstić information content (AvgIpc) is 1.81. The van der Waals surface area contributed by atoms with Gasteiger partial charge in [-0.2, -0.15) is 12.6 Å². The minimum absolute atomic E-state index is 0.793. The lowest BCUT2D eigenvalue weighted by Crippen LogP contribution is -1.55. The minimum Gasteiger partial charge on any atom is -0.175 e. The molecular formula is C7H10S. The lowest BCUT2D eigenvalue weighted by atomic mass is 10.4. The van der Waals surface area contributed by atoms with Crippen molar-refractivity contribution in [2.24, 2.45) is 0 Å². The summed E-state index contributed by atoms with van der Waals surface area (Å²) in [6.45, 7) is 3.52. The van der Waals surface area contributed by atoms with Gasteiger partial charge in [0.1, 0.15) is 0 Å². The van der Waals surface area contributed by atoms with E-state index in [9.17, 15) is 0 Å². The largest absolute Gasteiger partial charge is 0.175 e. The van der Waals surface area contributed by atoms with Crippen LogP contribution in [0.1, 0.15) is 0 Å². The molecule has 0 unspecified atom stereocenters. The first kappa shape index (κ1) is 7.57. The van der Waals surface area contributed by atoms with Crippen LogP contribution in [-0.4, -0.2) is 5.75 Å². The highest BCUT2D eigenvalue weighted by atomic mass is 32.1. The third-order valence-corrected chi connectivity index (χ3v) is 0.811. The van der Waals surface area contributed by atoms with Gasteiger partial charge >= 0.3 is 0 Å². The zero-order valence-corrected chi connectivity index (χ0v) is 5.64. The van der Waals surface area contributed by atoms with E-state index in [-0.39, 0.29) is 0 Å². The molecular weight excluding hydrogens is 116 g/mol. The SMILES string of the molecule is C=C/C=C\C=C/CS. The molecule has 0 aliphatic rings. The molecule has 1 heteroatoms. The number of allylic oxidation sites excluding steroid dienone is 4. The fourth-order valence-electron chi connectivity index (χ4n) is 0.282. The average molecular weight is 126 g/mol. The summed E-state index contributed by atoms with van der Waals surface area (Å²) in [5.41, 5.74) is 0. The zero-order chi connectivity index (χ0) is 6.24. The predicted molar refractivity (Wildman–Crippen MR) is 42.3 cm³/mol. The molecule has 0 radical (unpaired) electrons. The van der Waals surface area contributed by atoms with Gasteiger partial charge in [0.25, 0.3) is 0 Å². The third kappa shape index (κ3) is 5.57. The molecule has 0 fully saturated rings. The van der Waals surface area contributed by atoms with Gasteiger partial charge in [0, 0.05) is 5.75 Å². The van der Waals surface area contributed by atoms with E-state index in [4.69, 9.17) is 0 Å². The Labute approximate surface area is 56.0 Å². The molecule has 0 nitrogen and oxygen atoms in total. The van der Waals surface area contributed by atoms with E-state index in [1.807, 2.05) is 24.3 Å². The summed E-state index contributed by atoms with van der Waals surface area (Å²) in [7, 11) is 0. The van der Waals surface area contributed by atoms with Crippen LogP contribution in [0.25, 0.3) is 0 Å². The summed E-state index contributed by atoms with van der Waals surface area (Å²) >= 11 is 3.98. The van der Waals surface area contributed by atoms with Crippen LogP contribution in [0, 0.1) is 0 Å². The Balaban J connectivity index is 3.26. The van der Waals surface area contributed by atoms with Gasteiger partial charge < -0.3 is 0 Å². The summed E-state index contributed by atoms with van der Waals surface area (Å²) in [4.78, 5) is 0. The topological polar surface area (TPSA) is 0 Å². The van der Waals surface area contributed by atoms with Crippen molar-refractivity contribution < 1.29 is 0 Å². The summed E-state index contributed by atoms with van der Waals surface area (Å²) in [6.07, 6.45) is 9.43. The first-order chi connectivity index (χ1) is 3.91. The zero-order valence-electron chi connectivity index (χ0n) is 4.75. The standard InChI is InChI=1S/C7H10S/c1-2-3-4-5-6-7-8/h2-6,8H,1,7H2/b4-3-,6-5-. The van der Waals surface area contributed by atoms with Crippen LogP contribution in [0.5, 0.6) is 0 Å². The number of rotatable bonds is 3. The van der Waals surface area contributed by atoms with Gasteiger partial charge in [0.2, 0.25) is 0 Å². The van der Waals surface area contributed by atoms with E-state index in [1.165, 1.54) is 0 Å². The lowest BCUT2D eigenvalue weighted by molar-refractivity contribution is 1.77. The Morgan fingerprint density at radius 2 is 2.00 bits per heavy atom. The molecule has 8 heavy (non-hydrogen) atoms. The van der Waals surface area contributed by atoms with E-state index >= 15 is 0 Å². The van der Waals surface area contributed by atoms with Crippen LogP contribution in [0.3, 0.4) is 0 Å². The molecule has 0 aliphatic heterocycles. The van der Waals surface area contributed by atoms with Crippen molar-refractivity contribution in [1.29, 1.82) is 0 Å². The molecule has 0 aliphatic carbocycles. The van der Waals surface area contributed by atoms with Gasteiger partial charge in [-0.3, -0.25) is 0 Å². The molecule has 0 saturated carbocycles. The van der Waals surface area contributed by atoms with Gasteiger partial charge in [-0.1, -0.05) is 37.0 Å². The molecule has 0 N–H and O–H groups in total. The second-order valence-corrected chi connectivity index (χ2v) is 1.60. The van der Waals surface area contributed by atoms with E-state index in [0.717, 1.165) is 5.75 Å². The Hall–Kier alpha value is -0.430. The molecule has 0 bridgehead atoms. The number of thiol groups is 1. The third-order valence-electron chi connectivity index (χ3n) is 0.600. The monoisotopic (exact) mass is 126 g/mol. The molecule has 0 spiro atoms. The van der Waals surface area contributed by atoms with E-state index in [0.29, 0.717) is 0 Å². The van der Waals surface area contributed by atoms with Crippen molar-refractivity contribution in [3.05, 3.63) is 37.0 Å². The summed E-state index contributed by atoms with van der Waals surface area (Å²) in [5, 5.41) is 0. The molecule has 0 aromatic carbocycles. The van der Waals surface area contributed by atoms with E-state index in [1.54, 1.807) is 6.08 Å². The van der Waals surface area contributed by atoms with Gasteiger partial charge in [-0.15, -0.1) is 0 Å². The highest BCUT2D eigenvalue weighted by molar-refractivity contribution is 7.80. The Morgan fingerprint density at radius 3 is 2.50 bits per heavy atom. The first-order valence-electron chi connectivity index (χ1n) is 2.47. The number of hydrogen-bond donors (Lipinski definition) is 1. The molecule has 0 atom stereocenters. The van der Waals surface area contributed by atoms with Gasteiger partial charge in [0.15, 0.2) is 0 Å². The van der Waals surface area contributed by atoms with Crippen molar-refractivity contribution in [1.82, 2.24) is 0 Å². The molecule has 0 amide bonds. The number of hydrogen-bond acceptors (Lipinski definition) is 1. The Kier molecular flexibility index (Phi) is 6.22. The van der Waals surface area contributed by atoms with E-state index < -0.39 is 0 Å². The normalized spacial score (nSPS) is 11.1. The Morgan fingerprint density at radius 1 is 1.25 bits per heavy atom. The maximum Gasteiger partial charge on any atom is 0.00856 e. The highest BCUT2D eigenvalue weighted by Crippen LogP contribution is 1.79. The van der Waals surface area contributed by atoms with E-state index in [2.05, 4.69) is 19.2 Å². The molecule has 0 aromatic heterocycles. The molecule has 44 valence electrons. The fraction of sp³-hybridized carbons (Fsp3) is 0.143. The minimum atomic E-state index is 0.793. The smallest absolute Gasteiger partial charge is 0.00856 e. The van der Waals surface area contributed by atoms with Crippen LogP contribution in [0.2, 0.25) is 0 Å². The van der Waals surface area contributed by atoms with Crippen molar-refractivity contribution in [3.8, 4) is 0 Å². The van der Waals surface area contributed by atoms with Gasteiger partial charge in [0.05, 0.1) is 0 Å². The van der Waals surface area contributed by atoms with Crippen molar-refractivity contribution >= 4 is 12.6 Å². The molecule has 0 rings (SSSR count). The summed E-state index contributed by atoms with van der Waals surface area (Å²) in [6, 6.07) is 0. The Bertz CT molecular complexity index is 101. The molecule has 0 aromatic rings. The fourth-order valence-corrected chi connectivity index (χ4v) is 0.404. The second-order valence-electron chi connectivity index (χ2n) is 1.23. The summed E-state index contributed by atoms with van der Waals surface area (Å²) in [5.74, 6) is 0.793. The maximum absolute atomic E-state index is 3.98. The summed E-state index contributed by atoms with van der Waals surface area (Å²) < 4.78 is 0. The van der Waals surface area contributed by atoms with Gasteiger partial charge in [-0.05, 0) is 0 Å². The van der Waals surface area contributed by atoms with Crippen LogP contribution in [0.4, 0.5) is 0 Å². The van der Waals surface area contributed by atoms with Crippen molar-refractivity contribution in [2.75, 3.05) is 5.75 Å².